The molecule has 0 saturated carbocycles. The van der Waals surface area contributed by atoms with Crippen LogP contribution in [0.5, 0.6) is 5.75 Å². The maximum Gasteiger partial charge on any atom is 0.301 e. The minimum Gasteiger partial charge on any atom is -0.507 e. The van der Waals surface area contributed by atoms with Gasteiger partial charge < -0.3 is 9.84 Å². The summed E-state index contributed by atoms with van der Waals surface area (Å²) in [5.74, 6) is -2.25. The molecule has 6 nitrogen and oxygen atoms in total. The summed E-state index contributed by atoms with van der Waals surface area (Å²) in [7, 11) is 0. The minimum atomic E-state index is -1.21. The second-order valence-electron chi connectivity index (χ2n) is 8.17. The average molecular weight is 523 g/mol. The Morgan fingerprint density at radius 1 is 1.14 bits per heavy atom. The molecule has 4 aromatic rings. The first-order chi connectivity index (χ1) is 17.4. The predicted molar refractivity (Wildman–Crippen MR) is 138 cm³/mol. The van der Waals surface area contributed by atoms with E-state index in [9.17, 15) is 14.7 Å². The Labute approximate surface area is 215 Å². The van der Waals surface area contributed by atoms with E-state index in [0.717, 1.165) is 22.7 Å². The van der Waals surface area contributed by atoms with Crippen LogP contribution in [-0.4, -0.2) is 28.4 Å². The molecule has 2 heterocycles. The van der Waals surface area contributed by atoms with Crippen molar-refractivity contribution in [2.45, 2.75) is 19.4 Å². The molecule has 1 aliphatic rings. The Kier molecular flexibility index (Phi) is 6.47. The van der Waals surface area contributed by atoms with Crippen molar-refractivity contribution in [1.82, 2.24) is 4.98 Å². The van der Waals surface area contributed by atoms with Crippen molar-refractivity contribution in [3.05, 3.63) is 94.3 Å². The van der Waals surface area contributed by atoms with Gasteiger partial charge in [0.15, 0.2) is 5.13 Å². The first-order valence-corrected chi connectivity index (χ1v) is 12.4. The largest absolute Gasteiger partial charge is 0.507 e. The average Bonchev–Trinajstić information content (AvgIpc) is 3.40. The number of rotatable bonds is 6. The summed E-state index contributed by atoms with van der Waals surface area (Å²) >= 11 is 7.25. The second kappa shape index (κ2) is 9.72. The van der Waals surface area contributed by atoms with Crippen LogP contribution >= 0.6 is 22.9 Å². The molecule has 0 bridgehead atoms. The molecule has 0 radical (unpaired) electrons. The van der Waals surface area contributed by atoms with Crippen LogP contribution in [0.15, 0.2) is 72.3 Å². The van der Waals surface area contributed by atoms with E-state index in [4.69, 9.17) is 16.3 Å². The highest BCUT2D eigenvalue weighted by Gasteiger charge is 2.49. The van der Waals surface area contributed by atoms with Gasteiger partial charge in [0.05, 0.1) is 22.4 Å². The van der Waals surface area contributed by atoms with Crippen molar-refractivity contribution in [3.63, 3.8) is 0 Å². The number of carbonyl (C=O) groups excluding carboxylic acids is 2. The third kappa shape index (κ3) is 4.23. The number of Topliss-reactive ketones (excluding diaryl/α,β-unsaturated/α-hetero) is 1. The number of ether oxygens (including phenoxy) is 1. The Hall–Kier alpha value is -3.75. The van der Waals surface area contributed by atoms with Crippen molar-refractivity contribution in [2.75, 3.05) is 11.5 Å². The molecule has 1 unspecified atom stereocenters. The number of hydrogen-bond acceptors (Lipinski definition) is 6. The van der Waals surface area contributed by atoms with Gasteiger partial charge in [-0.05, 0) is 55.0 Å². The van der Waals surface area contributed by atoms with Gasteiger partial charge in [-0.2, -0.15) is 0 Å². The number of aliphatic hydroxyl groups is 1. The normalized spacial score (nSPS) is 17.2. The highest BCUT2D eigenvalue weighted by molar-refractivity contribution is 7.22. The number of aromatic nitrogens is 1. The molecule has 0 aliphatic carbocycles. The van der Waals surface area contributed by atoms with Crippen LogP contribution < -0.4 is 9.64 Å². The number of anilines is 1. The van der Waals surface area contributed by atoms with Gasteiger partial charge in [0.1, 0.15) is 23.4 Å². The van der Waals surface area contributed by atoms with Gasteiger partial charge in [-0.15, -0.1) is 0 Å². The molecule has 5 rings (SSSR count). The minimum absolute atomic E-state index is 0.0680. The van der Waals surface area contributed by atoms with Crippen LogP contribution in [0.25, 0.3) is 16.0 Å². The van der Waals surface area contributed by atoms with Crippen LogP contribution in [-0.2, 0) is 9.59 Å². The number of halogens is 2. The number of nitrogens with zero attached hydrogens (tertiary/aromatic N) is 2. The Balaban J connectivity index is 1.66. The zero-order valence-corrected chi connectivity index (χ0v) is 20.6. The summed E-state index contributed by atoms with van der Waals surface area (Å²) in [5.41, 5.74) is 0.730. The molecule has 1 saturated heterocycles. The van der Waals surface area contributed by atoms with Crippen LogP contribution in [0.2, 0.25) is 5.02 Å². The van der Waals surface area contributed by atoms with Gasteiger partial charge in [0, 0.05) is 16.1 Å². The number of hydrogen-bond donors (Lipinski definition) is 1. The summed E-state index contributed by atoms with van der Waals surface area (Å²) in [5, 5.41) is 11.9. The van der Waals surface area contributed by atoms with Crippen LogP contribution in [0.1, 0.15) is 30.5 Å². The smallest absolute Gasteiger partial charge is 0.301 e. The third-order valence-electron chi connectivity index (χ3n) is 5.79. The molecule has 1 atom stereocenters. The standard InChI is InChI=1S/C27H20ClFN2O4S/c1-2-13-35-17-10-7-15(8-11-17)24(32)22-23(18-5-3-4-6-19(18)29)31(26(34)25(22)33)27-30-20-12-9-16(28)14-21(20)36-27/h3-12,14,23,32H,2,13H2,1H3/b24-22+. The van der Waals surface area contributed by atoms with E-state index in [-0.39, 0.29) is 16.3 Å². The van der Waals surface area contributed by atoms with Crippen LogP contribution in [0.3, 0.4) is 0 Å². The molecule has 1 aromatic heterocycles. The Bertz CT molecular complexity index is 1520. The number of ketones is 1. The molecule has 1 aliphatic heterocycles. The summed E-state index contributed by atoms with van der Waals surface area (Å²) < 4.78 is 21.3. The van der Waals surface area contributed by atoms with Crippen LogP contribution in [0.4, 0.5) is 9.52 Å². The summed E-state index contributed by atoms with van der Waals surface area (Å²) in [6.45, 7) is 2.53. The fraction of sp³-hybridized carbons (Fsp3) is 0.148. The molecule has 9 heteroatoms. The number of aliphatic hydroxyl groups excluding tert-OH is 1. The molecule has 182 valence electrons. The molecular weight excluding hydrogens is 503 g/mol. The molecule has 3 aromatic carbocycles. The molecule has 1 N–H and O–H groups in total. The highest BCUT2D eigenvalue weighted by Crippen LogP contribution is 2.45. The number of benzene rings is 3. The number of amides is 1. The van der Waals surface area contributed by atoms with Crippen molar-refractivity contribution < 1.29 is 23.8 Å². The maximum absolute atomic E-state index is 15.0. The summed E-state index contributed by atoms with van der Waals surface area (Å²) in [6.07, 6.45) is 0.839. The number of fused-ring (bicyclic) bond motifs is 1. The first-order valence-electron chi connectivity index (χ1n) is 11.2. The lowest BCUT2D eigenvalue weighted by atomic mass is 9.95. The van der Waals surface area contributed by atoms with E-state index in [1.54, 1.807) is 48.5 Å². The molecule has 1 amide bonds. The third-order valence-corrected chi connectivity index (χ3v) is 7.04. The van der Waals surface area contributed by atoms with Gasteiger partial charge in [0.25, 0.3) is 5.78 Å². The fourth-order valence-electron chi connectivity index (χ4n) is 4.09. The molecule has 36 heavy (non-hydrogen) atoms. The van der Waals surface area contributed by atoms with E-state index in [0.29, 0.717) is 33.2 Å². The maximum atomic E-state index is 15.0. The first kappa shape index (κ1) is 24.0. The lowest BCUT2D eigenvalue weighted by Gasteiger charge is -2.23. The van der Waals surface area contributed by atoms with E-state index in [2.05, 4.69) is 4.98 Å². The second-order valence-corrected chi connectivity index (χ2v) is 9.62. The van der Waals surface area contributed by atoms with Gasteiger partial charge in [-0.25, -0.2) is 9.37 Å². The van der Waals surface area contributed by atoms with E-state index in [1.807, 2.05) is 6.92 Å². The van der Waals surface area contributed by atoms with Gasteiger partial charge in [0.2, 0.25) is 0 Å². The van der Waals surface area contributed by atoms with E-state index < -0.39 is 29.3 Å². The zero-order valence-electron chi connectivity index (χ0n) is 19.1. The monoisotopic (exact) mass is 522 g/mol. The number of thiazole rings is 1. The number of carbonyl (C=O) groups is 2. The van der Waals surface area contributed by atoms with Gasteiger partial charge >= 0.3 is 5.91 Å². The topological polar surface area (TPSA) is 79.7 Å². The summed E-state index contributed by atoms with van der Waals surface area (Å²) in [6, 6.07) is 16.2. The zero-order chi connectivity index (χ0) is 25.4. The summed E-state index contributed by atoms with van der Waals surface area (Å²) in [4.78, 5) is 32.2. The van der Waals surface area contributed by atoms with Gasteiger partial charge in [-0.3, -0.25) is 14.5 Å². The van der Waals surface area contributed by atoms with Crippen molar-refractivity contribution in [3.8, 4) is 5.75 Å². The van der Waals surface area contributed by atoms with Crippen molar-refractivity contribution in [2.24, 2.45) is 0 Å². The SMILES string of the molecule is CCCOc1ccc(/C(O)=C2\C(=O)C(=O)N(c3nc4ccc(Cl)cc4s3)C2c2ccccc2F)cc1. The molecule has 1 fully saturated rings. The Morgan fingerprint density at radius 3 is 2.61 bits per heavy atom. The molecular formula is C27H20ClFN2O4S. The van der Waals surface area contributed by atoms with Gasteiger partial charge in [-0.1, -0.05) is 48.1 Å². The van der Waals surface area contributed by atoms with E-state index >= 15 is 4.39 Å². The van der Waals surface area contributed by atoms with Crippen molar-refractivity contribution >= 4 is 55.7 Å². The Morgan fingerprint density at radius 2 is 1.89 bits per heavy atom. The van der Waals surface area contributed by atoms with Crippen molar-refractivity contribution in [1.29, 1.82) is 0 Å². The lowest BCUT2D eigenvalue weighted by Crippen LogP contribution is -2.29. The highest BCUT2D eigenvalue weighted by atomic mass is 35.5. The lowest BCUT2D eigenvalue weighted by molar-refractivity contribution is -0.132. The quantitative estimate of drug-likeness (QED) is 0.177. The van der Waals surface area contributed by atoms with E-state index in [1.165, 1.54) is 18.2 Å². The molecule has 0 spiro atoms. The fourth-order valence-corrected chi connectivity index (χ4v) is 5.36. The van der Waals surface area contributed by atoms with Crippen LogP contribution in [0, 0.1) is 5.82 Å². The predicted octanol–water partition coefficient (Wildman–Crippen LogP) is 6.50.